The van der Waals surface area contributed by atoms with Crippen molar-refractivity contribution in [2.24, 2.45) is 0 Å². The predicted octanol–water partition coefficient (Wildman–Crippen LogP) is -1.53. The lowest BCUT2D eigenvalue weighted by Crippen LogP contribution is -2.54. The summed E-state index contributed by atoms with van der Waals surface area (Å²) in [5, 5.41) is 36.5. The van der Waals surface area contributed by atoms with Crippen LogP contribution < -0.4 is 0 Å². The first kappa shape index (κ1) is 7.90. The summed E-state index contributed by atoms with van der Waals surface area (Å²) in [7, 11) is 0. The second-order valence-corrected chi connectivity index (χ2v) is 2.71. The number of hydroxylamine groups is 2. The lowest BCUT2D eigenvalue weighted by atomic mass is 10.1. The van der Waals surface area contributed by atoms with Crippen LogP contribution in [0.15, 0.2) is 0 Å². The van der Waals surface area contributed by atoms with Crippen LogP contribution in [0.1, 0.15) is 13.3 Å². The topological polar surface area (TPSA) is 84.2 Å². The molecule has 0 aromatic rings. The van der Waals surface area contributed by atoms with Crippen molar-refractivity contribution in [1.82, 2.24) is 5.06 Å². The van der Waals surface area contributed by atoms with Crippen molar-refractivity contribution in [3.63, 3.8) is 0 Å². The Balaban J connectivity index is 2.84. The van der Waals surface area contributed by atoms with Crippen LogP contribution in [0.4, 0.5) is 0 Å². The van der Waals surface area contributed by atoms with Crippen molar-refractivity contribution in [3.8, 4) is 0 Å². The highest BCUT2D eigenvalue weighted by atomic mass is 16.6. The SMILES string of the molecule is CC1(O)N(O)CCC1(O)O. The average Bonchev–Trinajstić information content (AvgIpc) is 1.94. The largest absolute Gasteiger partial charge is 0.369 e. The van der Waals surface area contributed by atoms with E-state index in [1.54, 1.807) is 0 Å². The van der Waals surface area contributed by atoms with Crippen LogP contribution in [0.2, 0.25) is 0 Å². The third-order valence-electron chi connectivity index (χ3n) is 1.93. The van der Waals surface area contributed by atoms with Crippen molar-refractivity contribution in [2.75, 3.05) is 6.54 Å². The van der Waals surface area contributed by atoms with Crippen LogP contribution in [0.25, 0.3) is 0 Å². The minimum Gasteiger partial charge on any atom is -0.369 e. The van der Waals surface area contributed by atoms with Gasteiger partial charge in [-0.1, -0.05) is 0 Å². The molecule has 0 aromatic heterocycles. The van der Waals surface area contributed by atoms with E-state index in [0.29, 0.717) is 5.06 Å². The van der Waals surface area contributed by atoms with E-state index in [0.717, 1.165) is 6.92 Å². The molecule has 5 heteroatoms. The number of rotatable bonds is 0. The molecule has 1 unspecified atom stereocenters. The van der Waals surface area contributed by atoms with Gasteiger partial charge in [-0.2, -0.15) is 5.06 Å². The third-order valence-corrected chi connectivity index (χ3v) is 1.93. The Hall–Kier alpha value is -0.200. The Bertz CT molecular complexity index is 145. The van der Waals surface area contributed by atoms with Gasteiger partial charge in [0.15, 0.2) is 5.72 Å². The fraction of sp³-hybridized carbons (Fsp3) is 1.00. The van der Waals surface area contributed by atoms with Gasteiger partial charge in [0.2, 0.25) is 5.79 Å². The van der Waals surface area contributed by atoms with Crippen LogP contribution in [-0.2, 0) is 0 Å². The fourth-order valence-electron chi connectivity index (χ4n) is 0.923. The smallest absolute Gasteiger partial charge is 0.209 e. The molecule has 0 aromatic carbocycles. The van der Waals surface area contributed by atoms with Gasteiger partial charge >= 0.3 is 0 Å². The molecule has 1 heterocycles. The third kappa shape index (κ3) is 0.834. The molecule has 0 bridgehead atoms. The number of nitrogens with zero attached hydrogens (tertiary/aromatic N) is 1. The molecule has 1 aliphatic heterocycles. The molecule has 5 nitrogen and oxygen atoms in total. The molecule has 1 atom stereocenters. The molecule has 0 radical (unpaired) electrons. The summed E-state index contributed by atoms with van der Waals surface area (Å²) in [6.07, 6.45) is -0.0590. The lowest BCUT2D eigenvalue weighted by Gasteiger charge is -2.32. The van der Waals surface area contributed by atoms with Gasteiger partial charge in [-0.05, 0) is 6.92 Å². The van der Waals surface area contributed by atoms with E-state index in [9.17, 15) is 0 Å². The summed E-state index contributed by atoms with van der Waals surface area (Å²) in [5.41, 5.74) is -1.95. The van der Waals surface area contributed by atoms with Gasteiger partial charge in [0.1, 0.15) is 0 Å². The molecule has 10 heavy (non-hydrogen) atoms. The lowest BCUT2D eigenvalue weighted by molar-refractivity contribution is -0.336. The Morgan fingerprint density at radius 1 is 1.30 bits per heavy atom. The number of hydrogen-bond donors (Lipinski definition) is 4. The van der Waals surface area contributed by atoms with Crippen molar-refractivity contribution in [2.45, 2.75) is 24.9 Å². The van der Waals surface area contributed by atoms with Crippen LogP contribution in [0.3, 0.4) is 0 Å². The molecular weight excluding hydrogens is 138 g/mol. The van der Waals surface area contributed by atoms with Crippen molar-refractivity contribution >= 4 is 0 Å². The van der Waals surface area contributed by atoms with Crippen LogP contribution in [-0.4, -0.2) is 43.6 Å². The van der Waals surface area contributed by atoms with E-state index in [1.165, 1.54) is 0 Å². The fourth-order valence-corrected chi connectivity index (χ4v) is 0.923. The molecule has 60 valence electrons. The maximum Gasteiger partial charge on any atom is 0.209 e. The Morgan fingerprint density at radius 2 is 1.80 bits per heavy atom. The molecule has 1 fully saturated rings. The van der Waals surface area contributed by atoms with E-state index in [2.05, 4.69) is 0 Å². The maximum atomic E-state index is 9.17. The first-order chi connectivity index (χ1) is 4.38. The normalized spacial score (nSPS) is 40.5. The standard InChI is InChI=1S/C5H11NO4/c1-4(7)5(8,9)2-3-6(4)10/h7-10H,2-3H2,1H3. The molecular formula is C5H11NO4. The minimum absolute atomic E-state index is 0.0556. The summed E-state index contributed by atoms with van der Waals surface area (Å²) in [4.78, 5) is 0. The van der Waals surface area contributed by atoms with Gasteiger partial charge in [0.25, 0.3) is 0 Å². The molecule has 0 spiro atoms. The predicted molar refractivity (Wildman–Crippen MR) is 30.9 cm³/mol. The molecule has 0 amide bonds. The molecule has 1 rings (SSSR count). The zero-order chi connectivity index (χ0) is 7.99. The highest BCUT2D eigenvalue weighted by molar-refractivity contribution is 4.91. The first-order valence-electron chi connectivity index (χ1n) is 3.01. The van der Waals surface area contributed by atoms with E-state index < -0.39 is 11.5 Å². The number of hydrogen-bond acceptors (Lipinski definition) is 5. The van der Waals surface area contributed by atoms with Gasteiger partial charge in [-0.25, -0.2) is 0 Å². The van der Waals surface area contributed by atoms with Crippen LogP contribution >= 0.6 is 0 Å². The van der Waals surface area contributed by atoms with E-state index >= 15 is 0 Å². The van der Waals surface area contributed by atoms with Gasteiger partial charge in [-0.15, -0.1) is 0 Å². The quantitative estimate of drug-likeness (QED) is 0.314. The van der Waals surface area contributed by atoms with Crippen molar-refractivity contribution in [1.29, 1.82) is 0 Å². The molecule has 1 aliphatic rings. The second kappa shape index (κ2) is 1.90. The second-order valence-electron chi connectivity index (χ2n) is 2.71. The van der Waals surface area contributed by atoms with Crippen molar-refractivity contribution < 1.29 is 20.5 Å². The first-order valence-corrected chi connectivity index (χ1v) is 3.01. The van der Waals surface area contributed by atoms with Crippen LogP contribution in [0, 0.1) is 0 Å². The number of aliphatic hydroxyl groups is 3. The molecule has 0 saturated carbocycles. The minimum atomic E-state index is -2.21. The summed E-state index contributed by atoms with van der Waals surface area (Å²) in [6.45, 7) is 1.19. The van der Waals surface area contributed by atoms with Gasteiger partial charge < -0.3 is 20.5 Å². The summed E-state index contributed by atoms with van der Waals surface area (Å²) in [6, 6.07) is 0. The Kier molecular flexibility index (Phi) is 1.50. The zero-order valence-electron chi connectivity index (χ0n) is 5.65. The van der Waals surface area contributed by atoms with E-state index in [1.807, 2.05) is 0 Å². The van der Waals surface area contributed by atoms with Gasteiger partial charge in [0.05, 0.1) is 0 Å². The van der Waals surface area contributed by atoms with Crippen molar-refractivity contribution in [3.05, 3.63) is 0 Å². The zero-order valence-corrected chi connectivity index (χ0v) is 5.65. The van der Waals surface area contributed by atoms with E-state index in [-0.39, 0.29) is 13.0 Å². The Labute approximate surface area is 58.1 Å². The summed E-state index contributed by atoms with van der Waals surface area (Å²) < 4.78 is 0. The molecule has 0 aliphatic carbocycles. The molecule has 4 N–H and O–H groups in total. The average molecular weight is 149 g/mol. The molecule has 1 saturated heterocycles. The highest BCUT2D eigenvalue weighted by Crippen LogP contribution is 2.32. The van der Waals surface area contributed by atoms with Gasteiger partial charge in [-0.3, -0.25) is 0 Å². The maximum absolute atomic E-state index is 9.17. The highest BCUT2D eigenvalue weighted by Gasteiger charge is 2.54. The van der Waals surface area contributed by atoms with Crippen LogP contribution in [0.5, 0.6) is 0 Å². The summed E-state index contributed by atoms with van der Waals surface area (Å²) in [5.74, 6) is -2.21. The van der Waals surface area contributed by atoms with E-state index in [4.69, 9.17) is 20.5 Å². The Morgan fingerprint density at radius 3 is 1.90 bits per heavy atom. The summed E-state index contributed by atoms with van der Waals surface area (Å²) >= 11 is 0. The monoisotopic (exact) mass is 149 g/mol. The van der Waals surface area contributed by atoms with Gasteiger partial charge in [0, 0.05) is 13.0 Å².